The maximum atomic E-state index is 12.9. The number of amides is 2. The first-order chi connectivity index (χ1) is 14.6. The van der Waals surface area contributed by atoms with Crippen LogP contribution < -0.4 is 14.5 Å². The van der Waals surface area contributed by atoms with Crippen molar-refractivity contribution in [3.63, 3.8) is 0 Å². The summed E-state index contributed by atoms with van der Waals surface area (Å²) in [5.74, 6) is 0.796. The van der Waals surface area contributed by atoms with Crippen LogP contribution in [0, 0.1) is 0 Å². The highest BCUT2D eigenvalue weighted by Gasteiger charge is 2.28. The number of benzene rings is 2. The molecule has 2 aliphatic heterocycles. The van der Waals surface area contributed by atoms with E-state index in [1.54, 1.807) is 11.8 Å². The molecule has 2 fully saturated rings. The molecule has 0 saturated carbocycles. The number of anilines is 1. The van der Waals surface area contributed by atoms with Crippen LogP contribution in [0.15, 0.2) is 54.6 Å². The Bertz CT molecular complexity index is 878. The third-order valence-corrected chi connectivity index (χ3v) is 5.94. The SMILES string of the molecule is C[C@@H](Oc1cccc(N2CCCC2=O)c1)C(=O)N1CC[NH+](Cc2ccccc2)CC1. The smallest absolute Gasteiger partial charge is 0.263 e. The minimum atomic E-state index is -0.551. The van der Waals surface area contributed by atoms with E-state index in [2.05, 4.69) is 24.3 Å². The van der Waals surface area contributed by atoms with Gasteiger partial charge in [0, 0.05) is 30.3 Å². The van der Waals surface area contributed by atoms with Crippen molar-refractivity contribution in [2.75, 3.05) is 37.6 Å². The van der Waals surface area contributed by atoms with Gasteiger partial charge in [0.1, 0.15) is 12.3 Å². The van der Waals surface area contributed by atoms with E-state index >= 15 is 0 Å². The van der Waals surface area contributed by atoms with E-state index < -0.39 is 6.10 Å². The molecule has 2 saturated heterocycles. The molecule has 0 bridgehead atoms. The molecule has 1 N–H and O–H groups in total. The average molecular weight is 409 g/mol. The molecule has 2 aromatic rings. The van der Waals surface area contributed by atoms with Crippen LogP contribution in [0.1, 0.15) is 25.3 Å². The van der Waals surface area contributed by atoms with Crippen LogP contribution in [-0.4, -0.2) is 55.5 Å². The number of carbonyl (C=O) groups is 2. The topological polar surface area (TPSA) is 54.3 Å². The fourth-order valence-corrected chi connectivity index (χ4v) is 4.26. The number of piperazine rings is 1. The predicted molar refractivity (Wildman–Crippen MR) is 116 cm³/mol. The van der Waals surface area contributed by atoms with Gasteiger partial charge in [-0.25, -0.2) is 0 Å². The van der Waals surface area contributed by atoms with Gasteiger partial charge < -0.3 is 19.4 Å². The Hall–Kier alpha value is -2.86. The number of hydrogen-bond acceptors (Lipinski definition) is 3. The van der Waals surface area contributed by atoms with Crippen LogP contribution in [-0.2, 0) is 16.1 Å². The molecule has 2 heterocycles. The zero-order chi connectivity index (χ0) is 20.9. The zero-order valence-electron chi connectivity index (χ0n) is 17.5. The molecule has 0 unspecified atom stereocenters. The Morgan fingerprint density at radius 3 is 2.53 bits per heavy atom. The molecule has 0 aliphatic carbocycles. The predicted octanol–water partition coefficient (Wildman–Crippen LogP) is 1.51. The van der Waals surface area contributed by atoms with E-state index in [0.717, 1.165) is 51.4 Å². The lowest BCUT2D eigenvalue weighted by molar-refractivity contribution is -0.917. The summed E-state index contributed by atoms with van der Waals surface area (Å²) in [5, 5.41) is 0. The first-order valence-corrected chi connectivity index (χ1v) is 10.8. The third kappa shape index (κ3) is 4.82. The van der Waals surface area contributed by atoms with E-state index in [1.807, 2.05) is 35.2 Å². The number of rotatable bonds is 6. The van der Waals surface area contributed by atoms with Gasteiger partial charge in [0.05, 0.1) is 26.2 Å². The first kappa shape index (κ1) is 20.4. The molecule has 0 radical (unpaired) electrons. The molecule has 2 aliphatic rings. The van der Waals surface area contributed by atoms with E-state index in [-0.39, 0.29) is 11.8 Å². The van der Waals surface area contributed by atoms with Gasteiger partial charge in [-0.1, -0.05) is 36.4 Å². The summed E-state index contributed by atoms with van der Waals surface area (Å²) in [6.07, 6.45) is 0.931. The summed E-state index contributed by atoms with van der Waals surface area (Å²) < 4.78 is 5.95. The van der Waals surface area contributed by atoms with E-state index in [9.17, 15) is 9.59 Å². The normalized spacial score (nSPS) is 18.5. The summed E-state index contributed by atoms with van der Waals surface area (Å²) in [6, 6.07) is 18.0. The summed E-state index contributed by atoms with van der Waals surface area (Å²) in [6.45, 7) is 6.93. The van der Waals surface area contributed by atoms with Gasteiger partial charge in [-0.15, -0.1) is 0 Å². The minimum absolute atomic E-state index is 0.0245. The Morgan fingerprint density at radius 1 is 1.07 bits per heavy atom. The lowest BCUT2D eigenvalue weighted by atomic mass is 10.2. The van der Waals surface area contributed by atoms with Gasteiger partial charge in [0.25, 0.3) is 5.91 Å². The lowest BCUT2D eigenvalue weighted by Crippen LogP contribution is -3.13. The second kappa shape index (κ2) is 9.30. The highest BCUT2D eigenvalue weighted by molar-refractivity contribution is 5.95. The van der Waals surface area contributed by atoms with Gasteiger partial charge in [0.2, 0.25) is 5.91 Å². The third-order valence-electron chi connectivity index (χ3n) is 5.94. The summed E-state index contributed by atoms with van der Waals surface area (Å²) >= 11 is 0. The van der Waals surface area contributed by atoms with Crippen LogP contribution in [0.2, 0.25) is 0 Å². The maximum absolute atomic E-state index is 12.9. The van der Waals surface area contributed by atoms with Crippen molar-refractivity contribution in [1.82, 2.24) is 4.90 Å². The highest BCUT2D eigenvalue weighted by Crippen LogP contribution is 2.26. The molecular weight excluding hydrogens is 378 g/mol. The minimum Gasteiger partial charge on any atom is -0.481 e. The largest absolute Gasteiger partial charge is 0.481 e. The Balaban J connectivity index is 1.30. The number of ether oxygens (including phenoxy) is 1. The molecular formula is C24H30N3O3+. The Labute approximate surface area is 178 Å². The molecule has 2 amide bonds. The monoisotopic (exact) mass is 408 g/mol. The van der Waals surface area contributed by atoms with Crippen molar-refractivity contribution in [1.29, 1.82) is 0 Å². The summed E-state index contributed by atoms with van der Waals surface area (Å²) in [5.41, 5.74) is 2.17. The van der Waals surface area contributed by atoms with Crippen LogP contribution in [0.3, 0.4) is 0 Å². The molecule has 0 aromatic heterocycles. The standard InChI is InChI=1S/C24H29N3O3/c1-19(30-22-10-5-9-21(17-22)27-12-6-11-23(27)28)24(29)26-15-13-25(14-16-26)18-20-7-3-2-4-8-20/h2-5,7-10,17,19H,6,11-16,18H2,1H3/p+1/t19-/m1/s1. The molecule has 6 heteroatoms. The van der Waals surface area contributed by atoms with Crippen molar-refractivity contribution in [2.24, 2.45) is 0 Å². The second-order valence-corrected chi connectivity index (χ2v) is 8.14. The van der Waals surface area contributed by atoms with Crippen LogP contribution in [0.25, 0.3) is 0 Å². The lowest BCUT2D eigenvalue weighted by Gasteiger charge is -2.33. The van der Waals surface area contributed by atoms with Crippen molar-refractivity contribution >= 4 is 17.5 Å². The fraction of sp³-hybridized carbons (Fsp3) is 0.417. The van der Waals surface area contributed by atoms with E-state index in [0.29, 0.717) is 12.2 Å². The fourth-order valence-electron chi connectivity index (χ4n) is 4.26. The van der Waals surface area contributed by atoms with Gasteiger partial charge in [-0.2, -0.15) is 0 Å². The van der Waals surface area contributed by atoms with Gasteiger partial charge in [0.15, 0.2) is 6.10 Å². The van der Waals surface area contributed by atoms with Crippen LogP contribution in [0.5, 0.6) is 5.75 Å². The van der Waals surface area contributed by atoms with Crippen LogP contribution >= 0.6 is 0 Å². The highest BCUT2D eigenvalue weighted by atomic mass is 16.5. The molecule has 158 valence electrons. The van der Waals surface area contributed by atoms with Gasteiger partial charge >= 0.3 is 0 Å². The molecule has 1 atom stereocenters. The molecule has 4 rings (SSSR count). The van der Waals surface area contributed by atoms with Gasteiger partial charge in [-0.3, -0.25) is 9.59 Å². The molecule has 0 spiro atoms. The average Bonchev–Trinajstić information content (AvgIpc) is 3.20. The van der Waals surface area contributed by atoms with Crippen molar-refractivity contribution in [3.8, 4) is 5.75 Å². The van der Waals surface area contributed by atoms with Crippen molar-refractivity contribution in [2.45, 2.75) is 32.4 Å². The van der Waals surface area contributed by atoms with Gasteiger partial charge in [-0.05, 0) is 25.5 Å². The molecule has 2 aromatic carbocycles. The van der Waals surface area contributed by atoms with E-state index in [1.165, 1.54) is 10.5 Å². The number of hydrogen-bond donors (Lipinski definition) is 1. The number of quaternary nitrogens is 1. The first-order valence-electron chi connectivity index (χ1n) is 10.8. The number of carbonyl (C=O) groups excluding carboxylic acids is 2. The van der Waals surface area contributed by atoms with E-state index in [4.69, 9.17) is 4.74 Å². The number of nitrogens with zero attached hydrogens (tertiary/aromatic N) is 2. The zero-order valence-corrected chi connectivity index (χ0v) is 17.5. The summed E-state index contributed by atoms with van der Waals surface area (Å²) in [7, 11) is 0. The Morgan fingerprint density at radius 2 is 1.83 bits per heavy atom. The number of nitrogens with one attached hydrogen (secondary N) is 1. The second-order valence-electron chi connectivity index (χ2n) is 8.14. The van der Waals surface area contributed by atoms with Crippen molar-refractivity contribution in [3.05, 3.63) is 60.2 Å². The van der Waals surface area contributed by atoms with Crippen molar-refractivity contribution < 1.29 is 19.2 Å². The Kier molecular flexibility index (Phi) is 6.33. The maximum Gasteiger partial charge on any atom is 0.263 e. The summed E-state index contributed by atoms with van der Waals surface area (Å²) in [4.78, 5) is 30.1. The molecule has 30 heavy (non-hydrogen) atoms. The quantitative estimate of drug-likeness (QED) is 0.788. The molecule has 6 nitrogen and oxygen atoms in total. The van der Waals surface area contributed by atoms with Crippen LogP contribution in [0.4, 0.5) is 5.69 Å².